The second-order valence-electron chi connectivity index (χ2n) is 5.87. The first-order valence-corrected chi connectivity index (χ1v) is 7.39. The van der Waals surface area contributed by atoms with E-state index in [0.717, 1.165) is 43.6 Å². The van der Waals surface area contributed by atoms with Gasteiger partial charge < -0.3 is 14.8 Å². The number of rotatable bonds is 1. The maximum Gasteiger partial charge on any atom is 0.112 e. The number of hydrogen-bond donors (Lipinski definition) is 2. The summed E-state index contributed by atoms with van der Waals surface area (Å²) < 4.78 is 5.54. The van der Waals surface area contributed by atoms with Crippen molar-refractivity contribution in [2.45, 2.75) is 37.3 Å². The van der Waals surface area contributed by atoms with E-state index in [1.165, 1.54) is 11.1 Å². The van der Waals surface area contributed by atoms with E-state index in [1.807, 2.05) is 6.07 Å². The van der Waals surface area contributed by atoms with E-state index in [1.54, 1.807) is 6.26 Å². The van der Waals surface area contributed by atoms with E-state index in [2.05, 4.69) is 29.6 Å². The molecule has 2 heterocycles. The molecule has 2 aromatic rings. The van der Waals surface area contributed by atoms with Gasteiger partial charge in [0.2, 0.25) is 0 Å². The summed E-state index contributed by atoms with van der Waals surface area (Å²) in [5.41, 5.74) is 2.70. The van der Waals surface area contributed by atoms with E-state index in [4.69, 9.17) is 4.42 Å². The van der Waals surface area contributed by atoms with Crippen LogP contribution in [0.5, 0.6) is 0 Å². The molecule has 0 fully saturated rings. The fourth-order valence-corrected chi connectivity index (χ4v) is 3.80. The average molecular weight is 269 g/mol. The van der Waals surface area contributed by atoms with Gasteiger partial charge in [0.25, 0.3) is 0 Å². The van der Waals surface area contributed by atoms with Crippen molar-refractivity contribution in [3.8, 4) is 0 Å². The molecule has 0 spiro atoms. The van der Waals surface area contributed by atoms with Crippen LogP contribution < -0.4 is 5.32 Å². The number of hydrogen-bond acceptors (Lipinski definition) is 3. The molecule has 0 saturated carbocycles. The van der Waals surface area contributed by atoms with Gasteiger partial charge in [0, 0.05) is 12.0 Å². The third kappa shape index (κ3) is 1.67. The molecule has 20 heavy (non-hydrogen) atoms. The predicted octanol–water partition coefficient (Wildman–Crippen LogP) is 2.69. The van der Waals surface area contributed by atoms with Gasteiger partial charge in [0.15, 0.2) is 0 Å². The summed E-state index contributed by atoms with van der Waals surface area (Å²) in [6.07, 6.45) is 5.42. The molecule has 1 aliphatic heterocycles. The number of fused-ring (bicyclic) bond motifs is 2. The van der Waals surface area contributed by atoms with Crippen LogP contribution in [0.25, 0.3) is 0 Å². The Morgan fingerprint density at radius 2 is 2.10 bits per heavy atom. The van der Waals surface area contributed by atoms with Crippen LogP contribution in [0.4, 0.5) is 0 Å². The van der Waals surface area contributed by atoms with Crippen molar-refractivity contribution in [1.29, 1.82) is 0 Å². The quantitative estimate of drug-likeness (QED) is 0.836. The Morgan fingerprint density at radius 1 is 1.20 bits per heavy atom. The Labute approximate surface area is 118 Å². The highest BCUT2D eigenvalue weighted by Crippen LogP contribution is 2.46. The molecule has 1 aliphatic carbocycles. The summed E-state index contributed by atoms with van der Waals surface area (Å²) in [5.74, 6) is 0.948. The second kappa shape index (κ2) is 4.47. The van der Waals surface area contributed by atoms with Gasteiger partial charge in [-0.1, -0.05) is 24.3 Å². The van der Waals surface area contributed by atoms with Crippen LogP contribution in [-0.4, -0.2) is 11.7 Å². The second-order valence-corrected chi connectivity index (χ2v) is 5.87. The van der Waals surface area contributed by atoms with Gasteiger partial charge in [-0.2, -0.15) is 0 Å². The van der Waals surface area contributed by atoms with Crippen LogP contribution in [0, 0.1) is 0 Å². The van der Waals surface area contributed by atoms with Crippen LogP contribution in [0.1, 0.15) is 41.3 Å². The SMILES string of the molecule is OC1(C2NCCc3ccccc32)CCCc2occc21. The molecule has 0 amide bonds. The standard InChI is InChI=1S/C17H19NO2/c19-17(9-3-6-15-14(17)8-11-20-15)16-13-5-2-1-4-12(13)7-10-18-16/h1-2,4-5,8,11,16,18-19H,3,6-7,9-10H2. The summed E-state index contributed by atoms with van der Waals surface area (Å²) in [4.78, 5) is 0. The zero-order valence-electron chi connectivity index (χ0n) is 11.4. The highest BCUT2D eigenvalue weighted by Gasteiger charge is 2.45. The molecule has 0 radical (unpaired) electrons. The molecular formula is C17H19NO2. The van der Waals surface area contributed by atoms with E-state index >= 15 is 0 Å². The number of nitrogens with one attached hydrogen (secondary N) is 1. The maximum absolute atomic E-state index is 11.4. The topological polar surface area (TPSA) is 45.4 Å². The molecule has 2 atom stereocenters. The molecule has 0 saturated heterocycles. The van der Waals surface area contributed by atoms with Crippen LogP contribution in [-0.2, 0) is 18.4 Å². The fraction of sp³-hybridized carbons (Fsp3) is 0.412. The van der Waals surface area contributed by atoms with Crippen LogP contribution >= 0.6 is 0 Å². The van der Waals surface area contributed by atoms with Crippen molar-refractivity contribution in [3.05, 3.63) is 59.0 Å². The van der Waals surface area contributed by atoms with E-state index < -0.39 is 5.60 Å². The maximum atomic E-state index is 11.4. The molecule has 2 unspecified atom stereocenters. The van der Waals surface area contributed by atoms with Crippen LogP contribution in [0.15, 0.2) is 41.0 Å². The molecule has 1 aromatic carbocycles. The largest absolute Gasteiger partial charge is 0.469 e. The fourth-order valence-electron chi connectivity index (χ4n) is 3.80. The van der Waals surface area contributed by atoms with Crippen molar-refractivity contribution < 1.29 is 9.52 Å². The van der Waals surface area contributed by atoms with Crippen LogP contribution in [0.3, 0.4) is 0 Å². The molecule has 104 valence electrons. The Morgan fingerprint density at radius 3 is 3.05 bits per heavy atom. The highest BCUT2D eigenvalue weighted by molar-refractivity contribution is 5.39. The highest BCUT2D eigenvalue weighted by atomic mass is 16.3. The van der Waals surface area contributed by atoms with Crippen molar-refractivity contribution in [2.75, 3.05) is 6.54 Å². The predicted molar refractivity (Wildman–Crippen MR) is 76.4 cm³/mol. The first-order chi connectivity index (χ1) is 9.79. The molecule has 2 N–H and O–H groups in total. The van der Waals surface area contributed by atoms with Gasteiger partial charge in [-0.25, -0.2) is 0 Å². The minimum Gasteiger partial charge on any atom is -0.469 e. The lowest BCUT2D eigenvalue weighted by Gasteiger charge is -2.42. The van der Waals surface area contributed by atoms with Gasteiger partial charge in [0.1, 0.15) is 11.4 Å². The zero-order valence-corrected chi connectivity index (χ0v) is 11.4. The van der Waals surface area contributed by atoms with E-state index in [-0.39, 0.29) is 6.04 Å². The normalized spacial score (nSPS) is 28.8. The zero-order chi connectivity index (χ0) is 13.6. The van der Waals surface area contributed by atoms with Crippen molar-refractivity contribution in [3.63, 3.8) is 0 Å². The number of aryl methyl sites for hydroxylation is 1. The Balaban J connectivity index is 1.83. The molecule has 3 heteroatoms. The Kier molecular flexibility index (Phi) is 2.72. The number of aliphatic hydroxyl groups is 1. The van der Waals surface area contributed by atoms with Gasteiger partial charge >= 0.3 is 0 Å². The average Bonchev–Trinajstić information content (AvgIpc) is 2.97. The first kappa shape index (κ1) is 12.2. The minimum atomic E-state index is -0.850. The molecule has 2 aliphatic rings. The van der Waals surface area contributed by atoms with Crippen molar-refractivity contribution in [2.24, 2.45) is 0 Å². The molecular weight excluding hydrogens is 250 g/mol. The molecule has 4 rings (SSSR count). The van der Waals surface area contributed by atoms with E-state index in [0.29, 0.717) is 0 Å². The Hall–Kier alpha value is -1.58. The Bertz CT molecular complexity index is 633. The monoisotopic (exact) mass is 269 g/mol. The number of benzene rings is 1. The van der Waals surface area contributed by atoms with Gasteiger partial charge in [-0.15, -0.1) is 0 Å². The third-order valence-electron chi connectivity index (χ3n) is 4.76. The minimum absolute atomic E-state index is 0.0379. The molecule has 1 aromatic heterocycles. The van der Waals surface area contributed by atoms with Gasteiger partial charge in [-0.05, 0) is 43.0 Å². The lowest BCUT2D eigenvalue weighted by Crippen LogP contribution is -2.46. The summed E-state index contributed by atoms with van der Waals surface area (Å²) >= 11 is 0. The van der Waals surface area contributed by atoms with Gasteiger partial charge in [0.05, 0.1) is 12.3 Å². The van der Waals surface area contributed by atoms with Crippen molar-refractivity contribution >= 4 is 0 Å². The first-order valence-electron chi connectivity index (χ1n) is 7.39. The van der Waals surface area contributed by atoms with Gasteiger partial charge in [-0.3, -0.25) is 0 Å². The number of furan rings is 1. The van der Waals surface area contributed by atoms with Crippen molar-refractivity contribution in [1.82, 2.24) is 5.32 Å². The molecule has 0 bridgehead atoms. The molecule has 3 nitrogen and oxygen atoms in total. The van der Waals surface area contributed by atoms with Crippen LogP contribution in [0.2, 0.25) is 0 Å². The summed E-state index contributed by atoms with van der Waals surface area (Å²) in [6, 6.07) is 10.3. The lowest BCUT2D eigenvalue weighted by atomic mass is 9.73. The smallest absolute Gasteiger partial charge is 0.112 e. The lowest BCUT2D eigenvalue weighted by molar-refractivity contribution is -0.0242. The van der Waals surface area contributed by atoms with E-state index in [9.17, 15) is 5.11 Å². The third-order valence-corrected chi connectivity index (χ3v) is 4.76. The summed E-state index contributed by atoms with van der Waals surface area (Å²) in [7, 11) is 0. The summed E-state index contributed by atoms with van der Waals surface area (Å²) in [5, 5.41) is 14.9. The summed E-state index contributed by atoms with van der Waals surface area (Å²) in [6.45, 7) is 0.914.